The summed E-state index contributed by atoms with van der Waals surface area (Å²) in [4.78, 5) is 75.1. The molecule has 0 spiro atoms. The molecule has 1 aliphatic carbocycles. The molecule has 8 heterocycles. The van der Waals surface area contributed by atoms with Crippen LogP contribution in [0.3, 0.4) is 0 Å². The van der Waals surface area contributed by atoms with Crippen molar-refractivity contribution in [3.05, 3.63) is 105 Å². The molecule has 20 heteroatoms. The number of piperidine rings is 2. The van der Waals surface area contributed by atoms with Gasteiger partial charge in [-0.2, -0.15) is 13.8 Å². The minimum Gasteiger partial charge on any atom is -0.384 e. The van der Waals surface area contributed by atoms with Gasteiger partial charge in [-0.1, -0.05) is 13.0 Å². The number of aryl methyl sites for hydroxylation is 2. The lowest BCUT2D eigenvalue weighted by Crippen LogP contribution is -2.55. The van der Waals surface area contributed by atoms with Gasteiger partial charge in [-0.05, 0) is 106 Å². The monoisotopic (exact) mass is 957 g/mol. The van der Waals surface area contributed by atoms with Gasteiger partial charge in [0.1, 0.15) is 17.0 Å². The molecule has 2 atom stereocenters. The molecule has 366 valence electrons. The van der Waals surface area contributed by atoms with Gasteiger partial charge in [-0.25, -0.2) is 24.1 Å². The van der Waals surface area contributed by atoms with E-state index in [4.69, 9.17) is 9.97 Å². The summed E-state index contributed by atoms with van der Waals surface area (Å²) in [5.74, 6) is 0.360. The molecule has 5 aliphatic rings. The second-order valence-electron chi connectivity index (χ2n) is 19.5. The summed E-state index contributed by atoms with van der Waals surface area (Å²) < 4.78 is 32.4. The third-order valence-corrected chi connectivity index (χ3v) is 15.4. The van der Waals surface area contributed by atoms with E-state index in [1.807, 2.05) is 43.3 Å². The minimum atomic E-state index is -1.91. The number of aromatic nitrogens is 7. The Bertz CT molecular complexity index is 3160. The van der Waals surface area contributed by atoms with E-state index in [2.05, 4.69) is 47.3 Å². The van der Waals surface area contributed by atoms with Gasteiger partial charge in [-0.3, -0.25) is 33.7 Å². The van der Waals surface area contributed by atoms with Crippen molar-refractivity contribution in [1.29, 1.82) is 0 Å². The zero-order chi connectivity index (χ0) is 48.4. The molecule has 18 nitrogen and oxygen atoms in total. The number of piperazine rings is 1. The molecule has 4 saturated heterocycles. The van der Waals surface area contributed by atoms with Crippen LogP contribution in [0.4, 0.5) is 31.8 Å². The number of amides is 2. The molecule has 4 aromatic heterocycles. The number of fused-ring (bicyclic) bond motifs is 3. The SMILES string of the molecule is CC[C@@]1(O)CCc2ccc(-n3c4nc(Nc5ccc(N6CCN(C7CCN(CC8CN(c9ccc%10c(c9)n(C)c(=O)n%10C9CCC(=O)NC9=O)C8)CC7)CC6)cc5)ncc4c(=O)n3CC=C(F)F)nc21. The third-order valence-electron chi connectivity index (χ3n) is 15.4. The number of imide groups is 1. The van der Waals surface area contributed by atoms with E-state index in [-0.39, 0.29) is 40.8 Å². The summed E-state index contributed by atoms with van der Waals surface area (Å²) in [5, 5.41) is 17.1. The Labute approximate surface area is 401 Å². The molecular formula is C50H57F2N13O5. The summed E-state index contributed by atoms with van der Waals surface area (Å²) in [5.41, 5.74) is 4.16. The average molecular weight is 958 g/mol. The highest BCUT2D eigenvalue weighted by Crippen LogP contribution is 2.39. The first-order valence-electron chi connectivity index (χ1n) is 24.4. The summed E-state index contributed by atoms with van der Waals surface area (Å²) >= 11 is 0. The predicted octanol–water partition coefficient (Wildman–Crippen LogP) is 4.40. The van der Waals surface area contributed by atoms with Crippen molar-refractivity contribution in [2.75, 3.05) is 74.0 Å². The molecular weight excluding hydrogens is 901 g/mol. The quantitative estimate of drug-likeness (QED) is 0.147. The van der Waals surface area contributed by atoms with Crippen LogP contribution in [0.5, 0.6) is 0 Å². The van der Waals surface area contributed by atoms with Gasteiger partial charge in [-0.15, -0.1) is 0 Å². The molecule has 4 fully saturated rings. The fourth-order valence-electron chi connectivity index (χ4n) is 11.4. The molecule has 6 aromatic rings. The van der Waals surface area contributed by atoms with Gasteiger partial charge in [0.05, 0.1) is 23.3 Å². The lowest BCUT2D eigenvalue weighted by Gasteiger charge is -2.46. The maximum atomic E-state index is 13.6. The van der Waals surface area contributed by atoms with Crippen molar-refractivity contribution < 1.29 is 23.5 Å². The van der Waals surface area contributed by atoms with Gasteiger partial charge in [0.25, 0.3) is 11.6 Å². The fraction of sp³-hybridized carbons (Fsp3) is 0.460. The molecule has 4 aliphatic heterocycles. The van der Waals surface area contributed by atoms with E-state index < -0.39 is 35.7 Å². The molecule has 0 radical (unpaired) electrons. The lowest BCUT2D eigenvalue weighted by molar-refractivity contribution is -0.135. The lowest BCUT2D eigenvalue weighted by atomic mass is 9.95. The van der Waals surface area contributed by atoms with Crippen molar-refractivity contribution >= 4 is 56.9 Å². The Hall–Kier alpha value is -6.77. The van der Waals surface area contributed by atoms with Crippen molar-refractivity contribution in [3.63, 3.8) is 0 Å². The van der Waals surface area contributed by atoms with E-state index >= 15 is 0 Å². The first kappa shape index (κ1) is 45.7. The summed E-state index contributed by atoms with van der Waals surface area (Å²) in [6, 6.07) is 17.6. The fourth-order valence-corrected chi connectivity index (χ4v) is 11.4. The van der Waals surface area contributed by atoms with Crippen LogP contribution in [0.2, 0.25) is 0 Å². The number of carbonyl (C=O) groups excluding carboxylic acids is 2. The summed E-state index contributed by atoms with van der Waals surface area (Å²) in [6.07, 6.45) is 4.65. The highest BCUT2D eigenvalue weighted by molar-refractivity contribution is 6.00. The standard InChI is InChI=1S/C50H57F2N13O5/c1-3-50(70)18-14-32-4-12-42(55-44(32)50)65-45-37(47(68)63(65)21-17-41(51)52)27-53-48(57-45)54-33-5-7-34(8-6-33)60-22-24-61(25-23-60)35-15-19-59(20-16-35)28-31-29-62(30-31)36-9-10-38-40(26-36)58(2)49(69)64(38)39-11-13-43(66)56-46(39)67/h4-10,12,17,26-27,31,35,39,70H,3,11,13-16,18-25,28-30H2,1-2H3,(H,53,54,57)(H,56,66,67)/t39?,50-/m1/s1. The number of pyridine rings is 1. The number of likely N-dealkylation sites (tertiary alicyclic amines) is 1. The van der Waals surface area contributed by atoms with E-state index in [1.54, 1.807) is 17.7 Å². The van der Waals surface area contributed by atoms with Gasteiger partial charge in [0.15, 0.2) is 11.5 Å². The third kappa shape index (κ3) is 8.34. The van der Waals surface area contributed by atoms with Gasteiger partial charge >= 0.3 is 5.69 Å². The van der Waals surface area contributed by atoms with E-state index in [0.717, 1.165) is 105 Å². The normalized spacial score (nSPS) is 21.6. The molecule has 2 amide bonds. The smallest absolute Gasteiger partial charge is 0.329 e. The van der Waals surface area contributed by atoms with Crippen LogP contribution >= 0.6 is 0 Å². The number of hydrogen-bond acceptors (Lipinski definition) is 13. The van der Waals surface area contributed by atoms with Crippen LogP contribution in [0.25, 0.3) is 27.9 Å². The number of anilines is 4. The largest absolute Gasteiger partial charge is 0.384 e. The average Bonchev–Trinajstić information content (AvgIpc) is 3.93. The first-order valence-corrected chi connectivity index (χ1v) is 24.4. The maximum Gasteiger partial charge on any atom is 0.329 e. The zero-order valence-electron chi connectivity index (χ0n) is 39.4. The number of allylic oxidation sites excluding steroid dienone is 1. The number of rotatable bonds is 12. The highest BCUT2D eigenvalue weighted by Gasteiger charge is 2.38. The molecule has 0 saturated carbocycles. The van der Waals surface area contributed by atoms with Crippen molar-refractivity contribution in [3.8, 4) is 5.82 Å². The Kier molecular flexibility index (Phi) is 11.9. The minimum absolute atomic E-state index is 0.152. The second-order valence-corrected chi connectivity index (χ2v) is 19.5. The summed E-state index contributed by atoms with van der Waals surface area (Å²) in [7, 11) is 1.73. The van der Waals surface area contributed by atoms with Crippen LogP contribution in [0.1, 0.15) is 62.7 Å². The van der Waals surface area contributed by atoms with Crippen molar-refractivity contribution in [2.24, 2.45) is 13.0 Å². The number of aliphatic hydroxyl groups is 1. The van der Waals surface area contributed by atoms with Gasteiger partial charge in [0.2, 0.25) is 17.8 Å². The van der Waals surface area contributed by atoms with Crippen LogP contribution in [-0.2, 0) is 35.2 Å². The van der Waals surface area contributed by atoms with Crippen LogP contribution in [0.15, 0.2) is 82.5 Å². The highest BCUT2D eigenvalue weighted by atomic mass is 19.3. The van der Waals surface area contributed by atoms with Crippen LogP contribution in [-0.4, -0.2) is 125 Å². The number of nitrogens with zero attached hydrogens (tertiary/aromatic N) is 11. The Morgan fingerprint density at radius 2 is 1.64 bits per heavy atom. The number of carbonyl (C=O) groups is 2. The summed E-state index contributed by atoms with van der Waals surface area (Å²) in [6.45, 7) is 10.5. The van der Waals surface area contributed by atoms with E-state index in [0.29, 0.717) is 54.9 Å². The van der Waals surface area contributed by atoms with Crippen molar-refractivity contribution in [2.45, 2.75) is 76.1 Å². The second kappa shape index (κ2) is 18.2. The van der Waals surface area contributed by atoms with Gasteiger partial charge < -0.3 is 25.1 Å². The van der Waals surface area contributed by atoms with Crippen molar-refractivity contribution in [1.82, 2.24) is 48.6 Å². The number of halogens is 2. The number of nitrogens with one attached hydrogen (secondary N) is 2. The van der Waals surface area contributed by atoms with E-state index in [9.17, 15) is 33.1 Å². The van der Waals surface area contributed by atoms with E-state index in [1.165, 1.54) is 15.4 Å². The molecule has 11 rings (SSSR count). The topological polar surface area (TPSA) is 184 Å². The molecule has 0 bridgehead atoms. The van der Waals surface area contributed by atoms with Crippen LogP contribution in [0, 0.1) is 5.92 Å². The Morgan fingerprint density at radius 3 is 2.37 bits per heavy atom. The number of imidazole rings is 1. The number of benzene rings is 2. The number of hydrogen-bond donors (Lipinski definition) is 3. The predicted molar refractivity (Wildman–Crippen MR) is 261 cm³/mol. The van der Waals surface area contributed by atoms with Crippen LogP contribution < -0.4 is 31.7 Å². The Morgan fingerprint density at radius 1 is 0.886 bits per heavy atom. The molecule has 70 heavy (non-hydrogen) atoms. The Balaban J connectivity index is 0.671. The molecule has 1 unspecified atom stereocenters. The maximum absolute atomic E-state index is 13.6. The zero-order valence-corrected chi connectivity index (χ0v) is 39.4. The molecule has 2 aromatic carbocycles. The first-order chi connectivity index (χ1) is 33.8. The van der Waals surface area contributed by atoms with Gasteiger partial charge in [0, 0.05) is 101 Å². The molecule has 3 N–H and O–H groups in total.